The van der Waals surface area contributed by atoms with Gasteiger partial charge in [0.1, 0.15) is 17.2 Å². The number of benzene rings is 2. The Bertz CT molecular complexity index is 1830. The molecule has 2 aromatic carbocycles. The molecule has 226 valence electrons. The number of fused-ring (bicyclic) bond motifs is 4. The Hall–Kier alpha value is -4.71. The SMILES string of the molecule is O=C1COc2ccc(CNC(=O)c3nc4sc5c(c4c(=O)[nH]3)CCC3(CCN(C(=O)OCc4ccccc4)CC3)C5)cc2N1. The Kier molecular flexibility index (Phi) is 7.29. The highest BCUT2D eigenvalue weighted by Gasteiger charge is 2.40. The van der Waals surface area contributed by atoms with Crippen LogP contribution < -0.4 is 20.9 Å². The maximum atomic E-state index is 13.2. The lowest BCUT2D eigenvalue weighted by molar-refractivity contribution is -0.118. The zero-order valence-electron chi connectivity index (χ0n) is 23.9. The van der Waals surface area contributed by atoms with Gasteiger partial charge in [0.2, 0.25) is 5.82 Å². The van der Waals surface area contributed by atoms with Gasteiger partial charge in [-0.2, -0.15) is 0 Å². The van der Waals surface area contributed by atoms with Gasteiger partial charge < -0.3 is 30.0 Å². The number of carbonyl (C=O) groups excluding carboxylic acids is 3. The van der Waals surface area contributed by atoms with Crippen molar-refractivity contribution in [2.75, 3.05) is 25.0 Å². The van der Waals surface area contributed by atoms with E-state index in [1.54, 1.807) is 23.1 Å². The molecule has 4 aromatic rings. The third-order valence-electron chi connectivity index (χ3n) is 8.82. The molecule has 4 heterocycles. The first-order valence-electron chi connectivity index (χ1n) is 14.7. The van der Waals surface area contributed by atoms with Crippen molar-refractivity contribution >= 4 is 45.1 Å². The molecule has 7 rings (SSSR count). The Morgan fingerprint density at radius 1 is 1.07 bits per heavy atom. The first kappa shape index (κ1) is 28.1. The smallest absolute Gasteiger partial charge is 0.410 e. The lowest BCUT2D eigenvalue weighted by Gasteiger charge is -2.43. The average Bonchev–Trinajstić information content (AvgIpc) is 3.40. The summed E-state index contributed by atoms with van der Waals surface area (Å²) < 4.78 is 10.9. The summed E-state index contributed by atoms with van der Waals surface area (Å²) in [5, 5.41) is 6.13. The summed E-state index contributed by atoms with van der Waals surface area (Å²) in [6, 6.07) is 14.9. The Morgan fingerprint density at radius 3 is 2.70 bits per heavy atom. The van der Waals surface area contributed by atoms with Crippen molar-refractivity contribution in [2.45, 2.75) is 45.3 Å². The van der Waals surface area contributed by atoms with Crippen molar-refractivity contribution in [3.05, 3.63) is 86.3 Å². The number of nitrogens with one attached hydrogen (secondary N) is 3. The number of aromatic nitrogens is 2. The summed E-state index contributed by atoms with van der Waals surface area (Å²) >= 11 is 1.49. The number of H-pyrrole nitrogens is 1. The van der Waals surface area contributed by atoms with E-state index in [2.05, 4.69) is 20.6 Å². The van der Waals surface area contributed by atoms with E-state index in [9.17, 15) is 19.2 Å². The predicted molar refractivity (Wildman–Crippen MR) is 164 cm³/mol. The normalized spacial score (nSPS) is 16.9. The summed E-state index contributed by atoms with van der Waals surface area (Å²) in [6.07, 6.45) is 4.00. The van der Waals surface area contributed by atoms with Gasteiger partial charge in [0.05, 0.1) is 11.1 Å². The minimum atomic E-state index is -0.489. The number of thiophene rings is 1. The van der Waals surface area contributed by atoms with Crippen LogP contribution in [0.15, 0.2) is 53.3 Å². The number of anilines is 1. The van der Waals surface area contributed by atoms with Gasteiger partial charge in [0.15, 0.2) is 6.61 Å². The van der Waals surface area contributed by atoms with Gasteiger partial charge >= 0.3 is 6.09 Å². The standard InChI is InChI=1S/C32H31N5O6S/c38-25-18-42-23-7-6-20(14-22(23)34-25)16-33-29(40)27-35-28(39)26-21-8-9-32(15-24(21)44-30(26)36-27)10-12-37(13-11-32)31(41)43-17-19-4-2-1-3-5-19/h1-7,14H,8-13,15-18H2,(H,33,40)(H,34,38)(H,35,36,39). The van der Waals surface area contributed by atoms with Crippen LogP contribution in [0.4, 0.5) is 10.5 Å². The zero-order chi connectivity index (χ0) is 30.3. The molecule has 3 aliphatic rings. The monoisotopic (exact) mass is 613 g/mol. The summed E-state index contributed by atoms with van der Waals surface area (Å²) in [6.45, 7) is 1.70. The van der Waals surface area contributed by atoms with Crippen LogP contribution in [0.25, 0.3) is 10.2 Å². The number of amides is 3. The average molecular weight is 614 g/mol. The van der Waals surface area contributed by atoms with Crippen LogP contribution in [0.2, 0.25) is 0 Å². The van der Waals surface area contributed by atoms with Gasteiger partial charge in [0, 0.05) is 24.5 Å². The van der Waals surface area contributed by atoms with Gasteiger partial charge in [0.25, 0.3) is 17.4 Å². The molecule has 2 aliphatic heterocycles. The van der Waals surface area contributed by atoms with E-state index in [4.69, 9.17) is 9.47 Å². The highest BCUT2D eigenvalue weighted by Crippen LogP contribution is 2.47. The van der Waals surface area contributed by atoms with Gasteiger partial charge in [-0.15, -0.1) is 11.3 Å². The fourth-order valence-electron chi connectivity index (χ4n) is 6.35. The van der Waals surface area contributed by atoms with Crippen LogP contribution in [0, 0.1) is 5.41 Å². The molecule has 0 saturated carbocycles. The molecule has 2 aromatic heterocycles. The Labute approximate surface area is 256 Å². The quantitative estimate of drug-likeness (QED) is 0.307. The minimum absolute atomic E-state index is 0.0255. The van der Waals surface area contributed by atoms with Gasteiger partial charge in [-0.1, -0.05) is 36.4 Å². The Morgan fingerprint density at radius 2 is 1.89 bits per heavy atom. The minimum Gasteiger partial charge on any atom is -0.482 e. The van der Waals surface area contributed by atoms with Gasteiger partial charge in [-0.25, -0.2) is 9.78 Å². The van der Waals surface area contributed by atoms with Crippen molar-refractivity contribution in [3.8, 4) is 5.75 Å². The number of aryl methyl sites for hydroxylation is 1. The largest absolute Gasteiger partial charge is 0.482 e. The fraction of sp³-hybridized carbons (Fsp3) is 0.344. The molecule has 11 nitrogen and oxygen atoms in total. The van der Waals surface area contributed by atoms with Crippen LogP contribution in [-0.2, 0) is 35.5 Å². The Balaban J connectivity index is 0.997. The third-order valence-corrected chi connectivity index (χ3v) is 9.94. The zero-order valence-corrected chi connectivity index (χ0v) is 24.8. The number of ether oxygens (including phenoxy) is 2. The lowest BCUT2D eigenvalue weighted by Crippen LogP contribution is -2.45. The number of hydrogen-bond donors (Lipinski definition) is 3. The van der Waals surface area contributed by atoms with Crippen molar-refractivity contribution in [2.24, 2.45) is 5.41 Å². The molecule has 3 amide bonds. The number of rotatable bonds is 5. The van der Waals surface area contributed by atoms with Gasteiger partial charge in [-0.3, -0.25) is 14.4 Å². The van der Waals surface area contributed by atoms with Crippen molar-refractivity contribution in [1.29, 1.82) is 0 Å². The summed E-state index contributed by atoms with van der Waals surface area (Å²) in [5.74, 6) is -0.182. The lowest BCUT2D eigenvalue weighted by atomic mass is 9.68. The van der Waals surface area contributed by atoms with E-state index in [0.29, 0.717) is 34.7 Å². The first-order valence-corrected chi connectivity index (χ1v) is 15.5. The van der Waals surface area contributed by atoms with E-state index in [-0.39, 0.29) is 48.6 Å². The van der Waals surface area contributed by atoms with Crippen molar-refractivity contribution in [1.82, 2.24) is 20.2 Å². The van der Waals surface area contributed by atoms with Crippen LogP contribution in [-0.4, -0.2) is 52.5 Å². The molecule has 44 heavy (non-hydrogen) atoms. The van der Waals surface area contributed by atoms with Crippen LogP contribution >= 0.6 is 11.3 Å². The molecule has 3 N–H and O–H groups in total. The molecular weight excluding hydrogens is 582 g/mol. The number of hydrogen-bond acceptors (Lipinski definition) is 8. The van der Waals surface area contributed by atoms with E-state index in [0.717, 1.165) is 53.7 Å². The number of piperidine rings is 1. The molecule has 0 unspecified atom stereocenters. The van der Waals surface area contributed by atoms with E-state index >= 15 is 0 Å². The summed E-state index contributed by atoms with van der Waals surface area (Å²) in [7, 11) is 0. The second kappa shape index (κ2) is 11.4. The number of carbonyl (C=O) groups is 3. The summed E-state index contributed by atoms with van der Waals surface area (Å²) in [4.78, 5) is 61.2. The molecule has 12 heteroatoms. The number of nitrogens with zero attached hydrogens (tertiary/aromatic N) is 2. The fourth-order valence-corrected chi connectivity index (χ4v) is 7.75. The molecule has 0 radical (unpaired) electrons. The maximum Gasteiger partial charge on any atom is 0.410 e. The summed E-state index contributed by atoms with van der Waals surface area (Å²) in [5.41, 5.74) is 3.06. The van der Waals surface area contributed by atoms with Crippen molar-refractivity contribution in [3.63, 3.8) is 0 Å². The van der Waals surface area contributed by atoms with E-state index in [1.165, 1.54) is 11.3 Å². The molecule has 1 spiro atoms. The number of aromatic amines is 1. The van der Waals surface area contributed by atoms with Crippen LogP contribution in [0.5, 0.6) is 5.75 Å². The highest BCUT2D eigenvalue weighted by molar-refractivity contribution is 7.18. The first-order chi connectivity index (χ1) is 21.4. The van der Waals surface area contributed by atoms with E-state index in [1.807, 2.05) is 30.3 Å². The molecule has 1 fully saturated rings. The molecule has 0 atom stereocenters. The highest BCUT2D eigenvalue weighted by atomic mass is 32.1. The maximum absolute atomic E-state index is 13.2. The van der Waals surface area contributed by atoms with E-state index < -0.39 is 5.91 Å². The molecule has 1 saturated heterocycles. The molecule has 1 aliphatic carbocycles. The topological polar surface area (TPSA) is 143 Å². The van der Waals surface area contributed by atoms with Crippen LogP contribution in [0.3, 0.4) is 0 Å². The second-order valence-electron chi connectivity index (χ2n) is 11.7. The van der Waals surface area contributed by atoms with Gasteiger partial charge in [-0.05, 0) is 66.3 Å². The van der Waals surface area contributed by atoms with Crippen molar-refractivity contribution < 1.29 is 23.9 Å². The molecule has 0 bridgehead atoms. The molecular formula is C32H31N5O6S. The third kappa shape index (κ3) is 5.52. The number of likely N-dealkylation sites (tertiary alicyclic amines) is 1. The van der Waals surface area contributed by atoms with Crippen LogP contribution in [0.1, 0.15) is 51.4 Å². The predicted octanol–water partition coefficient (Wildman–Crippen LogP) is 4.15. The second-order valence-corrected chi connectivity index (χ2v) is 12.7.